The van der Waals surface area contributed by atoms with E-state index in [1.165, 1.54) is 0 Å². The van der Waals surface area contributed by atoms with Gasteiger partial charge < -0.3 is 4.90 Å². The largest absolute Gasteiger partial charge is 0.300 e. The highest BCUT2D eigenvalue weighted by Gasteiger charge is 2.13. The van der Waals surface area contributed by atoms with Crippen molar-refractivity contribution in [1.82, 2.24) is 9.62 Å². The van der Waals surface area contributed by atoms with Crippen molar-refractivity contribution in [2.24, 2.45) is 0 Å². The second-order valence-corrected chi connectivity index (χ2v) is 7.95. The number of benzene rings is 1. The van der Waals surface area contributed by atoms with Crippen LogP contribution in [0.5, 0.6) is 0 Å². The Bertz CT molecular complexity index is 588. The van der Waals surface area contributed by atoms with Crippen LogP contribution >= 0.6 is 11.8 Å². The Kier molecular flexibility index (Phi) is 6.06. The number of sulfonamides is 1. The number of thioether (sulfide) groups is 1. The molecular formula is C14H19N3O2S2. The number of hydrogen-bond acceptors (Lipinski definition) is 5. The van der Waals surface area contributed by atoms with E-state index in [-0.39, 0.29) is 5.75 Å². The van der Waals surface area contributed by atoms with E-state index >= 15 is 0 Å². The van der Waals surface area contributed by atoms with Crippen LogP contribution in [0.25, 0.3) is 0 Å². The van der Waals surface area contributed by atoms with E-state index in [0.29, 0.717) is 17.7 Å². The molecule has 1 aromatic carbocycles. The van der Waals surface area contributed by atoms with Crippen LogP contribution in [0.3, 0.4) is 0 Å². The predicted molar refractivity (Wildman–Crippen MR) is 85.5 cm³/mol. The van der Waals surface area contributed by atoms with E-state index in [9.17, 15) is 8.42 Å². The van der Waals surface area contributed by atoms with Crippen molar-refractivity contribution >= 4 is 21.8 Å². The summed E-state index contributed by atoms with van der Waals surface area (Å²) in [5.74, 6) is 2.20. The molecule has 1 aromatic rings. The van der Waals surface area contributed by atoms with Gasteiger partial charge in [0.2, 0.25) is 10.0 Å². The molecule has 1 aliphatic rings. The van der Waals surface area contributed by atoms with Crippen molar-refractivity contribution in [3.05, 3.63) is 35.4 Å². The Morgan fingerprint density at radius 2 is 1.90 bits per heavy atom. The van der Waals surface area contributed by atoms with Crippen molar-refractivity contribution in [2.75, 3.05) is 37.7 Å². The van der Waals surface area contributed by atoms with Crippen LogP contribution in [0.2, 0.25) is 0 Å². The molecule has 5 nitrogen and oxygen atoms in total. The van der Waals surface area contributed by atoms with E-state index in [4.69, 9.17) is 5.26 Å². The molecule has 0 amide bonds. The highest BCUT2D eigenvalue weighted by atomic mass is 32.2. The standard InChI is InChI=1S/C14H19N3O2S2/c15-11-13-1-3-14(4-2-13)12-21(18,19)16-5-6-17-7-9-20-10-8-17/h1-4,16H,5-10,12H2. The third-order valence-electron chi connectivity index (χ3n) is 3.29. The molecule has 2 rings (SSSR count). The summed E-state index contributed by atoms with van der Waals surface area (Å²) in [6.07, 6.45) is 0. The molecule has 0 aliphatic carbocycles. The van der Waals surface area contributed by atoms with E-state index < -0.39 is 10.0 Å². The quantitative estimate of drug-likeness (QED) is 0.845. The lowest BCUT2D eigenvalue weighted by atomic mass is 10.2. The maximum atomic E-state index is 12.0. The first-order valence-electron chi connectivity index (χ1n) is 6.85. The molecule has 1 aliphatic heterocycles. The molecular weight excluding hydrogens is 306 g/mol. The number of nitrogens with zero attached hydrogens (tertiary/aromatic N) is 2. The molecule has 0 radical (unpaired) electrons. The fourth-order valence-electron chi connectivity index (χ4n) is 2.13. The van der Waals surface area contributed by atoms with E-state index in [1.54, 1.807) is 24.3 Å². The molecule has 0 bridgehead atoms. The maximum Gasteiger partial charge on any atom is 0.215 e. The van der Waals surface area contributed by atoms with Gasteiger partial charge in [-0.25, -0.2) is 13.1 Å². The third kappa shape index (κ3) is 5.67. The first-order valence-corrected chi connectivity index (χ1v) is 9.66. The lowest BCUT2D eigenvalue weighted by molar-refractivity contribution is 0.307. The van der Waals surface area contributed by atoms with Crippen LogP contribution in [-0.2, 0) is 15.8 Å². The van der Waals surface area contributed by atoms with Gasteiger partial charge in [-0.3, -0.25) is 0 Å². The molecule has 114 valence electrons. The summed E-state index contributed by atoms with van der Waals surface area (Å²) in [6, 6.07) is 8.65. The summed E-state index contributed by atoms with van der Waals surface area (Å²) < 4.78 is 26.6. The Balaban J connectivity index is 1.79. The van der Waals surface area contributed by atoms with Crippen LogP contribution in [0, 0.1) is 11.3 Å². The lowest BCUT2D eigenvalue weighted by Crippen LogP contribution is -2.39. The molecule has 0 saturated carbocycles. The van der Waals surface area contributed by atoms with Gasteiger partial charge in [-0.05, 0) is 17.7 Å². The molecule has 1 fully saturated rings. The average Bonchev–Trinajstić information content (AvgIpc) is 2.48. The first-order chi connectivity index (χ1) is 10.1. The Hall–Kier alpha value is -1.07. The van der Waals surface area contributed by atoms with Crippen LogP contribution in [0.1, 0.15) is 11.1 Å². The van der Waals surface area contributed by atoms with Crippen LogP contribution < -0.4 is 4.72 Å². The van der Waals surface area contributed by atoms with Gasteiger partial charge in [-0.15, -0.1) is 0 Å². The summed E-state index contributed by atoms with van der Waals surface area (Å²) >= 11 is 1.94. The Morgan fingerprint density at radius 3 is 2.52 bits per heavy atom. The predicted octanol–water partition coefficient (Wildman–Crippen LogP) is 1.03. The maximum absolute atomic E-state index is 12.0. The Labute approximate surface area is 130 Å². The highest BCUT2D eigenvalue weighted by Crippen LogP contribution is 2.09. The normalized spacial score (nSPS) is 16.5. The monoisotopic (exact) mass is 325 g/mol. The van der Waals surface area contributed by atoms with Gasteiger partial charge in [0, 0.05) is 37.7 Å². The second kappa shape index (κ2) is 7.80. The average molecular weight is 325 g/mol. The van der Waals surface area contributed by atoms with Gasteiger partial charge in [-0.2, -0.15) is 17.0 Å². The summed E-state index contributed by atoms with van der Waals surface area (Å²) in [5, 5.41) is 8.71. The smallest absolute Gasteiger partial charge is 0.215 e. The van der Waals surface area contributed by atoms with E-state index in [2.05, 4.69) is 9.62 Å². The summed E-state index contributed by atoms with van der Waals surface area (Å²) in [7, 11) is -3.32. The minimum absolute atomic E-state index is 0.0471. The number of nitrogens with one attached hydrogen (secondary N) is 1. The Morgan fingerprint density at radius 1 is 1.24 bits per heavy atom. The second-order valence-electron chi connectivity index (χ2n) is 4.92. The fourth-order valence-corrected chi connectivity index (χ4v) is 4.24. The molecule has 1 heterocycles. The van der Waals surface area contributed by atoms with Gasteiger partial charge >= 0.3 is 0 Å². The van der Waals surface area contributed by atoms with Crippen molar-refractivity contribution in [3.63, 3.8) is 0 Å². The molecule has 0 spiro atoms. The molecule has 7 heteroatoms. The number of nitriles is 1. The number of rotatable bonds is 6. The molecule has 0 unspecified atom stereocenters. The highest BCUT2D eigenvalue weighted by molar-refractivity contribution is 7.99. The van der Waals surface area contributed by atoms with Crippen molar-refractivity contribution in [2.45, 2.75) is 5.75 Å². The summed E-state index contributed by atoms with van der Waals surface area (Å²) in [6.45, 7) is 3.26. The third-order valence-corrected chi connectivity index (χ3v) is 5.59. The van der Waals surface area contributed by atoms with E-state index in [1.807, 2.05) is 17.8 Å². The molecule has 1 saturated heterocycles. The minimum atomic E-state index is -3.32. The number of hydrogen-bond donors (Lipinski definition) is 1. The summed E-state index contributed by atoms with van der Waals surface area (Å²) in [5.41, 5.74) is 1.22. The van der Waals surface area contributed by atoms with Gasteiger partial charge in [0.25, 0.3) is 0 Å². The van der Waals surface area contributed by atoms with Gasteiger partial charge in [0.05, 0.1) is 17.4 Å². The topological polar surface area (TPSA) is 73.2 Å². The zero-order chi connectivity index (χ0) is 15.1. The van der Waals surface area contributed by atoms with Gasteiger partial charge in [0.1, 0.15) is 0 Å². The molecule has 0 aromatic heterocycles. The lowest BCUT2D eigenvalue weighted by Gasteiger charge is -2.25. The van der Waals surface area contributed by atoms with Crippen LogP contribution in [-0.4, -0.2) is 51.0 Å². The SMILES string of the molecule is N#Cc1ccc(CS(=O)(=O)NCCN2CCSCC2)cc1. The first kappa shape index (κ1) is 16.3. The van der Waals surface area contributed by atoms with Crippen molar-refractivity contribution in [3.8, 4) is 6.07 Å². The van der Waals surface area contributed by atoms with Crippen molar-refractivity contribution < 1.29 is 8.42 Å². The molecule has 0 atom stereocenters. The van der Waals surface area contributed by atoms with Crippen LogP contribution in [0.4, 0.5) is 0 Å². The van der Waals surface area contributed by atoms with Crippen LogP contribution in [0.15, 0.2) is 24.3 Å². The molecule has 1 N–H and O–H groups in total. The fraction of sp³-hybridized carbons (Fsp3) is 0.500. The van der Waals surface area contributed by atoms with Crippen molar-refractivity contribution in [1.29, 1.82) is 5.26 Å². The molecule has 21 heavy (non-hydrogen) atoms. The minimum Gasteiger partial charge on any atom is -0.300 e. The van der Waals surface area contributed by atoms with E-state index in [0.717, 1.165) is 31.1 Å². The van der Waals surface area contributed by atoms with Gasteiger partial charge in [-0.1, -0.05) is 12.1 Å². The van der Waals surface area contributed by atoms with Gasteiger partial charge in [0.15, 0.2) is 0 Å². The summed E-state index contributed by atoms with van der Waals surface area (Å²) in [4.78, 5) is 2.28. The zero-order valence-corrected chi connectivity index (χ0v) is 13.4. The zero-order valence-electron chi connectivity index (χ0n) is 11.8.